The first-order chi connectivity index (χ1) is 15.8. The largest absolute Gasteiger partial charge is 0.377 e. The zero-order chi connectivity index (χ0) is 22.0. The number of benzene rings is 3. The van der Waals surface area contributed by atoms with E-state index in [9.17, 15) is 4.39 Å². The summed E-state index contributed by atoms with van der Waals surface area (Å²) in [6, 6.07) is 29.5. The predicted octanol–water partition coefficient (Wildman–Crippen LogP) is 5.46. The van der Waals surface area contributed by atoms with Gasteiger partial charge in [0.25, 0.3) is 0 Å². The fourth-order valence-corrected chi connectivity index (χ4v) is 3.78. The van der Waals surface area contributed by atoms with Crippen LogP contribution in [0, 0.1) is 0 Å². The van der Waals surface area contributed by atoms with Gasteiger partial charge in [-0.3, -0.25) is 0 Å². The Hall–Kier alpha value is -2.57. The monoisotopic (exact) mass is 436 g/mol. The molecule has 5 heteroatoms. The minimum absolute atomic E-state index is 0.303. The molecule has 1 heterocycles. The third-order valence-electron chi connectivity index (χ3n) is 5.48. The van der Waals surface area contributed by atoms with Crippen molar-refractivity contribution in [2.45, 2.75) is 50.9 Å². The van der Waals surface area contributed by atoms with Gasteiger partial charge in [-0.1, -0.05) is 91.0 Å². The molecule has 0 saturated carbocycles. The van der Waals surface area contributed by atoms with Crippen LogP contribution in [0.4, 0.5) is 4.39 Å². The summed E-state index contributed by atoms with van der Waals surface area (Å²) in [6.07, 6.45) is -2.77. The molecule has 0 aromatic heterocycles. The molecular formula is C27H29FO4. The first kappa shape index (κ1) is 22.6. The van der Waals surface area contributed by atoms with Crippen LogP contribution in [0.5, 0.6) is 0 Å². The van der Waals surface area contributed by atoms with Gasteiger partial charge in [-0.25, -0.2) is 4.39 Å². The lowest BCUT2D eigenvalue weighted by atomic mass is 10.1. The van der Waals surface area contributed by atoms with E-state index in [2.05, 4.69) is 0 Å². The summed E-state index contributed by atoms with van der Waals surface area (Å²) in [4.78, 5) is 0. The van der Waals surface area contributed by atoms with Gasteiger partial charge in [-0.2, -0.15) is 0 Å². The van der Waals surface area contributed by atoms with E-state index >= 15 is 0 Å². The normalized spacial score (nSPS) is 22.8. The summed E-state index contributed by atoms with van der Waals surface area (Å²) >= 11 is 0. The number of alkyl halides is 1. The molecule has 0 spiro atoms. The molecule has 4 rings (SSSR count). The summed E-state index contributed by atoms with van der Waals surface area (Å²) in [5, 5.41) is 0. The maximum atomic E-state index is 14.8. The Bertz CT molecular complexity index is 907. The highest BCUT2D eigenvalue weighted by atomic mass is 19.1. The molecule has 0 N–H and O–H groups in total. The van der Waals surface area contributed by atoms with E-state index in [1.807, 2.05) is 91.0 Å². The first-order valence-corrected chi connectivity index (χ1v) is 11.0. The molecule has 1 fully saturated rings. The van der Waals surface area contributed by atoms with Crippen molar-refractivity contribution in [2.24, 2.45) is 0 Å². The fraction of sp³-hybridized carbons (Fsp3) is 0.333. The van der Waals surface area contributed by atoms with Crippen molar-refractivity contribution < 1.29 is 23.3 Å². The second-order valence-electron chi connectivity index (χ2n) is 7.87. The van der Waals surface area contributed by atoms with Gasteiger partial charge in [0.2, 0.25) is 6.36 Å². The molecule has 4 atom stereocenters. The fourth-order valence-electron chi connectivity index (χ4n) is 3.78. The third-order valence-corrected chi connectivity index (χ3v) is 5.48. The molecule has 0 radical (unpaired) electrons. The summed E-state index contributed by atoms with van der Waals surface area (Å²) in [6.45, 7) is 1.63. The number of hydrogen-bond acceptors (Lipinski definition) is 4. The quantitative estimate of drug-likeness (QED) is 0.374. The Morgan fingerprint density at radius 2 is 1.09 bits per heavy atom. The Kier molecular flexibility index (Phi) is 8.40. The van der Waals surface area contributed by atoms with Crippen LogP contribution in [0.2, 0.25) is 0 Å². The van der Waals surface area contributed by atoms with Crippen molar-refractivity contribution in [3.8, 4) is 0 Å². The molecule has 0 aliphatic carbocycles. The van der Waals surface area contributed by atoms with Crippen molar-refractivity contribution in [3.63, 3.8) is 0 Å². The minimum Gasteiger partial charge on any atom is -0.377 e. The number of halogens is 1. The Morgan fingerprint density at radius 3 is 1.62 bits per heavy atom. The number of rotatable bonds is 11. The van der Waals surface area contributed by atoms with E-state index in [0.717, 1.165) is 16.7 Å². The van der Waals surface area contributed by atoms with Crippen LogP contribution >= 0.6 is 0 Å². The van der Waals surface area contributed by atoms with Gasteiger partial charge in [-0.15, -0.1) is 0 Å². The minimum atomic E-state index is -1.54. The van der Waals surface area contributed by atoms with Gasteiger partial charge in [0.1, 0.15) is 12.2 Å². The topological polar surface area (TPSA) is 36.9 Å². The van der Waals surface area contributed by atoms with Crippen LogP contribution in [0.3, 0.4) is 0 Å². The molecule has 4 nitrogen and oxygen atoms in total. The van der Waals surface area contributed by atoms with Crippen LogP contribution in [0.25, 0.3) is 0 Å². The Labute approximate surface area is 188 Å². The molecule has 32 heavy (non-hydrogen) atoms. The standard InChI is InChI=1S/C27H29FO4/c28-27-26(31-20-23-14-8-3-9-15-23)25(30-19-22-12-6-2-7-13-22)24(32-27)16-17-29-18-21-10-4-1-5-11-21/h1-15,24-27H,16-20H2. The molecular weight excluding hydrogens is 407 g/mol. The van der Waals surface area contributed by atoms with Gasteiger partial charge in [-0.05, 0) is 23.1 Å². The van der Waals surface area contributed by atoms with E-state index < -0.39 is 24.7 Å². The SMILES string of the molecule is FC1OC(CCOCc2ccccc2)C(OCc2ccccc2)C1OCc1ccccc1. The second-order valence-corrected chi connectivity index (χ2v) is 7.87. The lowest BCUT2D eigenvalue weighted by Gasteiger charge is -2.23. The lowest BCUT2D eigenvalue weighted by molar-refractivity contribution is -0.108. The molecule has 3 aromatic carbocycles. The van der Waals surface area contributed by atoms with Gasteiger partial charge in [0.15, 0.2) is 0 Å². The van der Waals surface area contributed by atoms with Gasteiger partial charge < -0.3 is 18.9 Å². The van der Waals surface area contributed by atoms with E-state index in [-0.39, 0.29) is 0 Å². The van der Waals surface area contributed by atoms with Crippen molar-refractivity contribution >= 4 is 0 Å². The van der Waals surface area contributed by atoms with Crippen LogP contribution in [0.1, 0.15) is 23.1 Å². The zero-order valence-corrected chi connectivity index (χ0v) is 18.0. The average molecular weight is 437 g/mol. The van der Waals surface area contributed by atoms with Crippen molar-refractivity contribution in [1.82, 2.24) is 0 Å². The number of ether oxygens (including phenoxy) is 4. The van der Waals surface area contributed by atoms with Crippen LogP contribution in [-0.2, 0) is 38.8 Å². The van der Waals surface area contributed by atoms with Crippen molar-refractivity contribution in [1.29, 1.82) is 0 Å². The molecule has 1 aliphatic rings. The third kappa shape index (κ3) is 6.47. The zero-order valence-electron chi connectivity index (χ0n) is 18.0. The van der Waals surface area contributed by atoms with Crippen molar-refractivity contribution in [3.05, 3.63) is 108 Å². The van der Waals surface area contributed by atoms with Crippen molar-refractivity contribution in [2.75, 3.05) is 6.61 Å². The summed E-state index contributed by atoms with van der Waals surface area (Å²) in [7, 11) is 0. The summed E-state index contributed by atoms with van der Waals surface area (Å²) < 4.78 is 38.3. The maximum Gasteiger partial charge on any atom is 0.228 e. The Morgan fingerprint density at radius 1 is 0.625 bits per heavy atom. The van der Waals surface area contributed by atoms with E-state index in [1.165, 1.54) is 0 Å². The average Bonchev–Trinajstić information content (AvgIpc) is 3.15. The molecule has 3 aromatic rings. The number of hydrogen-bond donors (Lipinski definition) is 0. The predicted molar refractivity (Wildman–Crippen MR) is 121 cm³/mol. The summed E-state index contributed by atoms with van der Waals surface area (Å²) in [5.74, 6) is 0. The highest BCUT2D eigenvalue weighted by Gasteiger charge is 2.46. The molecule has 4 unspecified atom stereocenters. The van der Waals surface area contributed by atoms with Crippen LogP contribution < -0.4 is 0 Å². The summed E-state index contributed by atoms with van der Waals surface area (Å²) in [5.41, 5.74) is 3.11. The van der Waals surface area contributed by atoms with Gasteiger partial charge >= 0.3 is 0 Å². The molecule has 1 saturated heterocycles. The van der Waals surface area contributed by atoms with Gasteiger partial charge in [0.05, 0.1) is 25.9 Å². The maximum absolute atomic E-state index is 14.8. The van der Waals surface area contributed by atoms with E-state index in [4.69, 9.17) is 18.9 Å². The lowest BCUT2D eigenvalue weighted by Crippen LogP contribution is -2.37. The molecule has 0 bridgehead atoms. The molecule has 168 valence electrons. The van der Waals surface area contributed by atoms with E-state index in [0.29, 0.717) is 32.8 Å². The van der Waals surface area contributed by atoms with Crippen LogP contribution in [0.15, 0.2) is 91.0 Å². The molecule has 0 amide bonds. The second kappa shape index (κ2) is 11.9. The molecule has 1 aliphatic heterocycles. The Balaban J connectivity index is 1.35. The van der Waals surface area contributed by atoms with Crippen LogP contribution in [-0.4, -0.2) is 31.3 Å². The highest BCUT2D eigenvalue weighted by molar-refractivity contribution is 5.15. The highest BCUT2D eigenvalue weighted by Crippen LogP contribution is 2.31. The van der Waals surface area contributed by atoms with E-state index in [1.54, 1.807) is 0 Å². The first-order valence-electron chi connectivity index (χ1n) is 11.0. The van der Waals surface area contributed by atoms with Gasteiger partial charge in [0, 0.05) is 6.61 Å². The smallest absolute Gasteiger partial charge is 0.228 e.